The number of nitrogens with zero attached hydrogens (tertiary/aromatic N) is 1. The van der Waals surface area contributed by atoms with E-state index in [0.29, 0.717) is 6.04 Å². The van der Waals surface area contributed by atoms with Crippen molar-refractivity contribution in [3.8, 4) is 12.3 Å². The first-order valence-corrected chi connectivity index (χ1v) is 5.70. The van der Waals surface area contributed by atoms with E-state index in [1.165, 1.54) is 38.9 Å². The van der Waals surface area contributed by atoms with Crippen molar-refractivity contribution in [3.63, 3.8) is 0 Å². The number of hydrogen-bond acceptors (Lipinski definition) is 2. The van der Waals surface area contributed by atoms with Crippen LogP contribution >= 0.6 is 0 Å². The maximum absolute atomic E-state index is 5.36. The van der Waals surface area contributed by atoms with Crippen molar-refractivity contribution < 1.29 is 0 Å². The average Bonchev–Trinajstić information content (AvgIpc) is 2.43. The zero-order chi connectivity index (χ0) is 10.4. The lowest BCUT2D eigenvalue weighted by Crippen LogP contribution is -2.36. The third-order valence-electron chi connectivity index (χ3n) is 3.00. The smallest absolute Gasteiger partial charge is 0.0660 e. The van der Waals surface area contributed by atoms with Gasteiger partial charge in [0.25, 0.3) is 0 Å². The Balaban J connectivity index is 2.31. The summed E-state index contributed by atoms with van der Waals surface area (Å²) >= 11 is 0. The van der Waals surface area contributed by atoms with Gasteiger partial charge in [0.05, 0.1) is 6.04 Å². The largest absolute Gasteiger partial charge is 0.304 e. The quantitative estimate of drug-likeness (QED) is 0.685. The molecule has 1 rings (SSSR count). The van der Waals surface area contributed by atoms with E-state index in [2.05, 4.69) is 30.0 Å². The molecule has 1 N–H and O–H groups in total. The van der Waals surface area contributed by atoms with Gasteiger partial charge in [-0.1, -0.05) is 12.8 Å². The Kier molecular flexibility index (Phi) is 5.00. The van der Waals surface area contributed by atoms with E-state index in [9.17, 15) is 0 Å². The van der Waals surface area contributed by atoms with Gasteiger partial charge in [0.1, 0.15) is 0 Å². The summed E-state index contributed by atoms with van der Waals surface area (Å²) < 4.78 is 0. The summed E-state index contributed by atoms with van der Waals surface area (Å²) in [6.07, 6.45) is 9.16. The second-order valence-corrected chi connectivity index (χ2v) is 4.12. The maximum atomic E-state index is 5.36. The van der Waals surface area contributed by atoms with Gasteiger partial charge in [-0.3, -0.25) is 0 Å². The zero-order valence-corrected chi connectivity index (χ0v) is 9.42. The second kappa shape index (κ2) is 6.06. The molecule has 0 radical (unpaired) electrons. The number of nitrogens with one attached hydrogen (secondary N) is 1. The molecule has 0 aliphatic carbocycles. The molecule has 80 valence electrons. The summed E-state index contributed by atoms with van der Waals surface area (Å²) in [6, 6.07) is 0.839. The fourth-order valence-corrected chi connectivity index (χ4v) is 2.04. The minimum absolute atomic E-state index is 0.216. The van der Waals surface area contributed by atoms with Gasteiger partial charge in [0, 0.05) is 6.04 Å². The van der Waals surface area contributed by atoms with Crippen LogP contribution in [0.25, 0.3) is 0 Å². The standard InChI is InChI=1S/C12H22N2/c1-4-11(3)13-12-7-6-9-14(5-2)10-8-12/h1,11-13H,5-10H2,2-3H3. The van der Waals surface area contributed by atoms with Crippen LogP contribution in [0.2, 0.25) is 0 Å². The molecule has 2 heteroatoms. The summed E-state index contributed by atoms with van der Waals surface area (Å²) in [4.78, 5) is 2.52. The lowest BCUT2D eigenvalue weighted by molar-refractivity contribution is 0.296. The van der Waals surface area contributed by atoms with Gasteiger partial charge in [-0.15, -0.1) is 6.42 Å². The van der Waals surface area contributed by atoms with Crippen molar-refractivity contribution >= 4 is 0 Å². The van der Waals surface area contributed by atoms with Gasteiger partial charge in [0.2, 0.25) is 0 Å². The summed E-state index contributed by atoms with van der Waals surface area (Å²) in [6.45, 7) is 7.93. The summed E-state index contributed by atoms with van der Waals surface area (Å²) in [5, 5.41) is 3.49. The molecular weight excluding hydrogens is 172 g/mol. The zero-order valence-electron chi connectivity index (χ0n) is 9.42. The van der Waals surface area contributed by atoms with Crippen molar-refractivity contribution in [2.24, 2.45) is 0 Å². The first-order valence-electron chi connectivity index (χ1n) is 5.70. The first-order chi connectivity index (χ1) is 6.76. The molecule has 1 aliphatic heterocycles. The summed E-state index contributed by atoms with van der Waals surface area (Å²) in [5.74, 6) is 2.73. The lowest BCUT2D eigenvalue weighted by Gasteiger charge is -2.19. The molecule has 0 aromatic rings. The van der Waals surface area contributed by atoms with Gasteiger partial charge in [0.15, 0.2) is 0 Å². The molecule has 0 aromatic carbocycles. The number of rotatable bonds is 3. The van der Waals surface area contributed by atoms with Crippen molar-refractivity contribution in [2.45, 2.75) is 45.2 Å². The summed E-state index contributed by atoms with van der Waals surface area (Å²) in [5.41, 5.74) is 0. The minimum atomic E-state index is 0.216. The minimum Gasteiger partial charge on any atom is -0.304 e. The van der Waals surface area contributed by atoms with Gasteiger partial charge in [-0.05, 0) is 45.8 Å². The molecule has 2 nitrogen and oxygen atoms in total. The third-order valence-corrected chi connectivity index (χ3v) is 3.00. The highest BCUT2D eigenvalue weighted by Crippen LogP contribution is 2.11. The molecule has 0 spiro atoms. The predicted octanol–water partition coefficient (Wildman–Crippen LogP) is 1.47. The van der Waals surface area contributed by atoms with E-state index in [-0.39, 0.29) is 6.04 Å². The Hall–Kier alpha value is -0.520. The van der Waals surface area contributed by atoms with Crippen LogP contribution in [0.5, 0.6) is 0 Å². The number of terminal acetylenes is 1. The van der Waals surface area contributed by atoms with Crippen LogP contribution in [0.4, 0.5) is 0 Å². The van der Waals surface area contributed by atoms with Crippen LogP contribution in [0, 0.1) is 12.3 Å². The van der Waals surface area contributed by atoms with E-state index >= 15 is 0 Å². The van der Waals surface area contributed by atoms with E-state index in [0.717, 1.165) is 0 Å². The molecule has 14 heavy (non-hydrogen) atoms. The van der Waals surface area contributed by atoms with Crippen molar-refractivity contribution in [3.05, 3.63) is 0 Å². The molecule has 1 aliphatic rings. The summed E-state index contributed by atoms with van der Waals surface area (Å²) in [7, 11) is 0. The maximum Gasteiger partial charge on any atom is 0.0660 e. The highest BCUT2D eigenvalue weighted by Gasteiger charge is 2.16. The van der Waals surface area contributed by atoms with Gasteiger partial charge in [-0.25, -0.2) is 0 Å². The average molecular weight is 194 g/mol. The monoisotopic (exact) mass is 194 g/mol. The molecule has 1 heterocycles. The normalized spacial score (nSPS) is 26.5. The Morgan fingerprint density at radius 1 is 1.50 bits per heavy atom. The van der Waals surface area contributed by atoms with Crippen LogP contribution in [-0.2, 0) is 0 Å². The molecule has 1 saturated heterocycles. The SMILES string of the molecule is C#CC(C)NC1CCCN(CC)CC1. The molecule has 0 amide bonds. The highest BCUT2D eigenvalue weighted by molar-refractivity contribution is 4.97. The third kappa shape index (κ3) is 3.69. The highest BCUT2D eigenvalue weighted by atomic mass is 15.1. The molecule has 2 atom stereocenters. The van der Waals surface area contributed by atoms with Gasteiger partial charge >= 0.3 is 0 Å². The lowest BCUT2D eigenvalue weighted by atomic mass is 10.1. The number of likely N-dealkylation sites (tertiary alicyclic amines) is 1. The fourth-order valence-electron chi connectivity index (χ4n) is 2.04. The van der Waals surface area contributed by atoms with E-state index < -0.39 is 0 Å². The van der Waals surface area contributed by atoms with E-state index in [1.54, 1.807) is 0 Å². The van der Waals surface area contributed by atoms with Crippen LogP contribution < -0.4 is 5.32 Å². The molecule has 0 aromatic heterocycles. The molecule has 0 bridgehead atoms. The molecule has 0 saturated carbocycles. The predicted molar refractivity (Wildman–Crippen MR) is 61.2 cm³/mol. The Bertz CT molecular complexity index is 195. The van der Waals surface area contributed by atoms with E-state index in [1.807, 2.05) is 0 Å². The van der Waals surface area contributed by atoms with Crippen LogP contribution in [0.1, 0.15) is 33.1 Å². The Labute approximate surface area is 88.1 Å². The van der Waals surface area contributed by atoms with E-state index in [4.69, 9.17) is 6.42 Å². The van der Waals surface area contributed by atoms with Gasteiger partial charge in [-0.2, -0.15) is 0 Å². The number of hydrogen-bond donors (Lipinski definition) is 1. The van der Waals surface area contributed by atoms with Crippen LogP contribution in [-0.4, -0.2) is 36.6 Å². The van der Waals surface area contributed by atoms with Crippen molar-refractivity contribution in [1.29, 1.82) is 0 Å². The first kappa shape index (κ1) is 11.6. The molecular formula is C12H22N2. The molecule has 1 fully saturated rings. The van der Waals surface area contributed by atoms with Gasteiger partial charge < -0.3 is 10.2 Å². The topological polar surface area (TPSA) is 15.3 Å². The fraction of sp³-hybridized carbons (Fsp3) is 0.833. The van der Waals surface area contributed by atoms with Crippen molar-refractivity contribution in [2.75, 3.05) is 19.6 Å². The Morgan fingerprint density at radius 2 is 2.29 bits per heavy atom. The van der Waals surface area contributed by atoms with Crippen LogP contribution in [0.3, 0.4) is 0 Å². The van der Waals surface area contributed by atoms with Crippen LogP contribution in [0.15, 0.2) is 0 Å². The molecule has 2 unspecified atom stereocenters. The second-order valence-electron chi connectivity index (χ2n) is 4.12. The van der Waals surface area contributed by atoms with Crippen molar-refractivity contribution in [1.82, 2.24) is 10.2 Å². The Morgan fingerprint density at radius 3 is 2.93 bits per heavy atom.